The Hall–Kier alpha value is -1.37. The van der Waals surface area contributed by atoms with Gasteiger partial charge in [0.15, 0.2) is 0 Å². The molecule has 1 aromatic rings. The molecule has 0 amide bonds. The molecule has 2 N–H and O–H groups in total. The highest BCUT2D eigenvalue weighted by molar-refractivity contribution is 5.52. The first kappa shape index (κ1) is 13.7. The van der Waals surface area contributed by atoms with Gasteiger partial charge in [-0.25, -0.2) is 8.78 Å². The van der Waals surface area contributed by atoms with Crippen molar-refractivity contribution < 1.29 is 27.1 Å². The summed E-state index contributed by atoms with van der Waals surface area (Å²) in [6, 6.07) is 4.31. The summed E-state index contributed by atoms with van der Waals surface area (Å²) in [5.74, 6) is -3.46. The number of anilines is 1. The van der Waals surface area contributed by atoms with Crippen molar-refractivity contribution in [3.05, 3.63) is 29.8 Å². The third-order valence-corrected chi connectivity index (χ3v) is 2.00. The van der Waals surface area contributed by atoms with Crippen LogP contribution in [-0.4, -0.2) is 24.2 Å². The van der Waals surface area contributed by atoms with E-state index in [0.717, 1.165) is 18.2 Å². The maximum Gasteiger partial charge on any atom is 0.418 e. The summed E-state index contributed by atoms with van der Waals surface area (Å²) in [5.41, 5.74) is -1.46. The molecule has 1 rings (SSSR count). The van der Waals surface area contributed by atoms with Crippen LogP contribution in [0.25, 0.3) is 0 Å². The Morgan fingerprint density at radius 3 is 2.18 bits per heavy atom. The van der Waals surface area contributed by atoms with Gasteiger partial charge in [0.05, 0.1) is 12.1 Å². The van der Waals surface area contributed by atoms with Crippen LogP contribution in [0.2, 0.25) is 0 Å². The number of alkyl halides is 5. The quantitative estimate of drug-likeness (QED) is 0.811. The standard InChI is InChI=1S/C10H10F5NO/c11-9(12,6-17)5-16-8-4-2-1-3-7(8)10(13,14)15/h1-4,16-17H,5-6H2. The van der Waals surface area contributed by atoms with Crippen molar-refractivity contribution in [3.8, 4) is 0 Å². The lowest BCUT2D eigenvalue weighted by atomic mass is 10.1. The number of para-hydroxylation sites is 1. The smallest absolute Gasteiger partial charge is 0.390 e. The van der Waals surface area contributed by atoms with Crippen molar-refractivity contribution in [2.75, 3.05) is 18.5 Å². The zero-order valence-corrected chi connectivity index (χ0v) is 8.56. The third kappa shape index (κ3) is 3.85. The van der Waals surface area contributed by atoms with Gasteiger partial charge in [-0.05, 0) is 12.1 Å². The summed E-state index contributed by atoms with van der Waals surface area (Å²) < 4.78 is 62.8. The van der Waals surface area contributed by atoms with E-state index in [0.29, 0.717) is 0 Å². The predicted molar refractivity (Wildman–Crippen MR) is 52.0 cm³/mol. The number of hydrogen-bond donors (Lipinski definition) is 2. The van der Waals surface area contributed by atoms with E-state index in [2.05, 4.69) is 0 Å². The van der Waals surface area contributed by atoms with Crippen molar-refractivity contribution in [1.82, 2.24) is 0 Å². The summed E-state index contributed by atoms with van der Waals surface area (Å²) >= 11 is 0. The van der Waals surface area contributed by atoms with Crippen LogP contribution in [0.4, 0.5) is 27.6 Å². The minimum atomic E-state index is -4.61. The maximum absolute atomic E-state index is 12.7. The lowest BCUT2D eigenvalue weighted by Crippen LogP contribution is -2.31. The molecule has 17 heavy (non-hydrogen) atoms. The van der Waals surface area contributed by atoms with Crippen LogP contribution in [0, 0.1) is 0 Å². The van der Waals surface area contributed by atoms with Crippen LogP contribution in [0.5, 0.6) is 0 Å². The van der Waals surface area contributed by atoms with Gasteiger partial charge in [0, 0.05) is 5.69 Å². The van der Waals surface area contributed by atoms with Gasteiger partial charge in [0.1, 0.15) is 6.61 Å². The molecule has 0 aliphatic rings. The molecular weight excluding hydrogens is 245 g/mol. The molecule has 7 heteroatoms. The van der Waals surface area contributed by atoms with E-state index in [1.54, 1.807) is 0 Å². The van der Waals surface area contributed by atoms with Gasteiger partial charge in [0.25, 0.3) is 5.92 Å². The molecule has 0 radical (unpaired) electrons. The van der Waals surface area contributed by atoms with Gasteiger partial charge in [-0.15, -0.1) is 0 Å². The first-order valence-electron chi connectivity index (χ1n) is 4.65. The molecule has 0 aromatic heterocycles. The Balaban J connectivity index is 2.85. The molecule has 0 spiro atoms. The Kier molecular flexibility index (Phi) is 3.92. The van der Waals surface area contributed by atoms with Crippen molar-refractivity contribution in [3.63, 3.8) is 0 Å². The van der Waals surface area contributed by atoms with Crippen LogP contribution in [0.3, 0.4) is 0 Å². The van der Waals surface area contributed by atoms with E-state index in [9.17, 15) is 22.0 Å². The molecule has 0 saturated heterocycles. The van der Waals surface area contributed by atoms with Crippen molar-refractivity contribution in [2.24, 2.45) is 0 Å². The average molecular weight is 255 g/mol. The van der Waals surface area contributed by atoms with E-state index < -0.39 is 36.5 Å². The minimum absolute atomic E-state index is 0.437. The number of hydrogen-bond acceptors (Lipinski definition) is 2. The second kappa shape index (κ2) is 4.87. The van der Waals surface area contributed by atoms with Crippen molar-refractivity contribution >= 4 is 5.69 Å². The van der Waals surface area contributed by atoms with Gasteiger partial charge in [0.2, 0.25) is 0 Å². The topological polar surface area (TPSA) is 32.3 Å². The number of aliphatic hydroxyl groups is 1. The van der Waals surface area contributed by atoms with E-state index in [1.807, 2.05) is 5.32 Å². The highest BCUT2D eigenvalue weighted by Crippen LogP contribution is 2.34. The van der Waals surface area contributed by atoms with Gasteiger partial charge in [-0.1, -0.05) is 12.1 Å². The molecule has 0 saturated carbocycles. The van der Waals surface area contributed by atoms with Gasteiger partial charge >= 0.3 is 6.18 Å². The second-order valence-electron chi connectivity index (χ2n) is 3.41. The zero-order chi connectivity index (χ0) is 13.1. The van der Waals surface area contributed by atoms with Gasteiger partial charge in [-0.3, -0.25) is 0 Å². The fourth-order valence-corrected chi connectivity index (χ4v) is 1.16. The summed E-state index contributed by atoms with van der Waals surface area (Å²) in [6.07, 6.45) is -4.61. The zero-order valence-electron chi connectivity index (χ0n) is 8.56. The SMILES string of the molecule is OCC(F)(F)CNc1ccccc1C(F)(F)F. The number of aliphatic hydroxyl groups excluding tert-OH is 1. The number of rotatable bonds is 4. The fraction of sp³-hybridized carbons (Fsp3) is 0.400. The van der Waals surface area contributed by atoms with Gasteiger partial charge in [-0.2, -0.15) is 13.2 Å². The number of nitrogens with one attached hydrogen (secondary N) is 1. The molecular formula is C10H10F5NO. The fourth-order valence-electron chi connectivity index (χ4n) is 1.16. The Bertz CT molecular complexity index is 377. The lowest BCUT2D eigenvalue weighted by Gasteiger charge is -2.18. The maximum atomic E-state index is 12.7. The van der Waals surface area contributed by atoms with E-state index in [-0.39, 0.29) is 0 Å². The molecule has 0 aliphatic carbocycles. The Labute approximate surface area is 94.1 Å². The largest absolute Gasteiger partial charge is 0.418 e. The lowest BCUT2D eigenvalue weighted by molar-refractivity contribution is -0.137. The molecule has 0 atom stereocenters. The van der Waals surface area contributed by atoms with Crippen LogP contribution in [-0.2, 0) is 6.18 Å². The number of halogens is 5. The second-order valence-corrected chi connectivity index (χ2v) is 3.41. The molecule has 1 aromatic carbocycles. The first-order valence-corrected chi connectivity index (χ1v) is 4.65. The van der Waals surface area contributed by atoms with E-state index in [4.69, 9.17) is 5.11 Å². The summed E-state index contributed by atoms with van der Waals surface area (Å²) in [4.78, 5) is 0. The summed E-state index contributed by atoms with van der Waals surface area (Å²) in [5, 5.41) is 10.3. The van der Waals surface area contributed by atoms with Crippen LogP contribution in [0.1, 0.15) is 5.56 Å². The predicted octanol–water partition coefficient (Wildman–Crippen LogP) is 2.74. The summed E-state index contributed by atoms with van der Waals surface area (Å²) in [7, 11) is 0. The number of benzene rings is 1. The van der Waals surface area contributed by atoms with Crippen molar-refractivity contribution in [2.45, 2.75) is 12.1 Å². The molecule has 2 nitrogen and oxygen atoms in total. The Morgan fingerprint density at radius 2 is 1.65 bits per heavy atom. The summed E-state index contributed by atoms with van der Waals surface area (Å²) in [6.45, 7) is -2.48. The average Bonchev–Trinajstić information content (AvgIpc) is 2.26. The highest BCUT2D eigenvalue weighted by atomic mass is 19.4. The van der Waals surface area contributed by atoms with Gasteiger partial charge < -0.3 is 10.4 Å². The van der Waals surface area contributed by atoms with Crippen LogP contribution < -0.4 is 5.32 Å². The third-order valence-electron chi connectivity index (χ3n) is 2.00. The normalized spacial score (nSPS) is 12.6. The van der Waals surface area contributed by atoms with Crippen molar-refractivity contribution in [1.29, 1.82) is 0 Å². The monoisotopic (exact) mass is 255 g/mol. The van der Waals surface area contributed by atoms with Crippen LogP contribution in [0.15, 0.2) is 24.3 Å². The van der Waals surface area contributed by atoms with Crippen LogP contribution >= 0.6 is 0 Å². The molecule has 0 fully saturated rings. The molecule has 0 bridgehead atoms. The van der Waals surface area contributed by atoms with E-state index >= 15 is 0 Å². The first-order chi connectivity index (χ1) is 7.76. The molecule has 96 valence electrons. The Morgan fingerprint density at radius 1 is 1.06 bits per heavy atom. The molecule has 0 heterocycles. The molecule has 0 unspecified atom stereocenters. The minimum Gasteiger partial charge on any atom is -0.390 e. The molecule has 0 aliphatic heterocycles. The van der Waals surface area contributed by atoms with E-state index in [1.165, 1.54) is 6.07 Å². The highest BCUT2D eigenvalue weighted by Gasteiger charge is 2.34.